The lowest BCUT2D eigenvalue weighted by Gasteiger charge is -2.20. The molecular formula is C14H19N3. The second-order valence-corrected chi connectivity index (χ2v) is 4.11. The maximum absolute atomic E-state index is 5.73. The second-order valence-electron chi connectivity index (χ2n) is 4.11. The van der Waals surface area contributed by atoms with Crippen LogP contribution in [0.5, 0.6) is 0 Å². The predicted molar refractivity (Wildman–Crippen MR) is 69.9 cm³/mol. The van der Waals surface area contributed by atoms with E-state index in [-0.39, 0.29) is 0 Å². The molecule has 1 atom stereocenters. The molecule has 1 aromatic carbocycles. The second kappa shape index (κ2) is 5.64. The lowest BCUT2D eigenvalue weighted by Crippen LogP contribution is -2.16. The number of aromatic nitrogens is 2. The summed E-state index contributed by atoms with van der Waals surface area (Å²) in [6.45, 7) is 2.81. The molecule has 17 heavy (non-hydrogen) atoms. The third kappa shape index (κ3) is 2.56. The lowest BCUT2D eigenvalue weighted by molar-refractivity contribution is 0.527. The Morgan fingerprint density at radius 3 is 2.71 bits per heavy atom. The molecule has 0 radical (unpaired) electrons. The van der Waals surface area contributed by atoms with E-state index in [1.165, 1.54) is 5.56 Å². The largest absolute Gasteiger partial charge is 0.330 e. The zero-order chi connectivity index (χ0) is 12.1. The molecule has 0 aliphatic rings. The van der Waals surface area contributed by atoms with Crippen LogP contribution < -0.4 is 5.73 Å². The molecule has 0 spiro atoms. The quantitative estimate of drug-likeness (QED) is 0.855. The highest BCUT2D eigenvalue weighted by atomic mass is 15.1. The predicted octanol–water partition coefficient (Wildman–Crippen LogP) is 2.38. The minimum Gasteiger partial charge on any atom is -0.330 e. The van der Waals surface area contributed by atoms with Crippen molar-refractivity contribution in [2.45, 2.75) is 25.8 Å². The van der Waals surface area contributed by atoms with Crippen LogP contribution in [0.4, 0.5) is 0 Å². The number of rotatable bonds is 5. The van der Waals surface area contributed by atoms with Gasteiger partial charge < -0.3 is 10.3 Å². The van der Waals surface area contributed by atoms with Gasteiger partial charge in [0.1, 0.15) is 5.82 Å². The summed E-state index contributed by atoms with van der Waals surface area (Å²) in [4.78, 5) is 4.39. The van der Waals surface area contributed by atoms with Gasteiger partial charge >= 0.3 is 0 Å². The number of hydrogen-bond donors (Lipinski definition) is 1. The molecule has 1 heterocycles. The molecule has 2 N–H and O–H groups in total. The van der Waals surface area contributed by atoms with Crippen LogP contribution in [-0.4, -0.2) is 16.1 Å². The molecule has 0 bridgehead atoms. The maximum Gasteiger partial charge on any atom is 0.108 e. The molecule has 0 saturated heterocycles. The van der Waals surface area contributed by atoms with E-state index >= 15 is 0 Å². The van der Waals surface area contributed by atoms with Crippen molar-refractivity contribution < 1.29 is 0 Å². The minimum atomic E-state index is 0.304. The topological polar surface area (TPSA) is 43.8 Å². The molecule has 0 amide bonds. The molecule has 3 heteroatoms. The highest BCUT2D eigenvalue weighted by Gasteiger charge is 2.14. The Balaban J connectivity index is 2.36. The van der Waals surface area contributed by atoms with Crippen LogP contribution in [0.25, 0.3) is 0 Å². The Kier molecular flexibility index (Phi) is 3.94. The zero-order valence-corrected chi connectivity index (χ0v) is 10.2. The fourth-order valence-corrected chi connectivity index (χ4v) is 2.20. The van der Waals surface area contributed by atoms with Gasteiger partial charge in [0.15, 0.2) is 0 Å². The number of hydrogen-bond acceptors (Lipinski definition) is 2. The van der Waals surface area contributed by atoms with E-state index in [9.17, 15) is 0 Å². The first-order valence-corrected chi connectivity index (χ1v) is 6.13. The van der Waals surface area contributed by atoms with Gasteiger partial charge in [-0.15, -0.1) is 0 Å². The third-order valence-electron chi connectivity index (χ3n) is 3.03. The smallest absolute Gasteiger partial charge is 0.108 e. The number of benzene rings is 1. The van der Waals surface area contributed by atoms with Crippen LogP contribution >= 0.6 is 0 Å². The first-order valence-electron chi connectivity index (χ1n) is 6.13. The molecule has 2 rings (SSSR count). The van der Waals surface area contributed by atoms with E-state index in [1.807, 2.05) is 18.5 Å². The van der Waals surface area contributed by atoms with Crippen LogP contribution in [0.2, 0.25) is 0 Å². The summed E-state index contributed by atoms with van der Waals surface area (Å²) in [6, 6.07) is 10.8. The first kappa shape index (κ1) is 11.9. The fraction of sp³-hybridized carbons (Fsp3) is 0.357. The summed E-state index contributed by atoms with van der Waals surface area (Å²) >= 11 is 0. The monoisotopic (exact) mass is 229 g/mol. The van der Waals surface area contributed by atoms with Crippen molar-refractivity contribution in [1.29, 1.82) is 0 Å². The number of aryl methyl sites for hydroxylation is 1. The van der Waals surface area contributed by atoms with Crippen molar-refractivity contribution in [1.82, 2.24) is 9.55 Å². The Bertz CT molecular complexity index is 448. The van der Waals surface area contributed by atoms with Gasteiger partial charge in [0.2, 0.25) is 0 Å². The van der Waals surface area contributed by atoms with Gasteiger partial charge in [0, 0.05) is 18.8 Å². The third-order valence-corrected chi connectivity index (χ3v) is 3.03. The van der Waals surface area contributed by atoms with Crippen molar-refractivity contribution in [3.05, 3.63) is 54.1 Å². The number of imidazole rings is 1. The van der Waals surface area contributed by atoms with Gasteiger partial charge in [-0.25, -0.2) is 4.98 Å². The Hall–Kier alpha value is -1.61. The summed E-state index contributed by atoms with van der Waals surface area (Å²) in [5.74, 6) is 1.12. The molecule has 3 nitrogen and oxygen atoms in total. The molecule has 0 aliphatic carbocycles. The van der Waals surface area contributed by atoms with E-state index < -0.39 is 0 Å². The average Bonchev–Trinajstić information content (AvgIpc) is 2.85. The van der Waals surface area contributed by atoms with E-state index in [2.05, 4.69) is 40.7 Å². The molecule has 0 saturated carbocycles. The first-order chi connectivity index (χ1) is 8.36. The van der Waals surface area contributed by atoms with Crippen LogP contribution in [-0.2, 0) is 6.42 Å². The van der Waals surface area contributed by atoms with E-state index in [0.29, 0.717) is 12.6 Å². The van der Waals surface area contributed by atoms with Crippen molar-refractivity contribution in [2.24, 2.45) is 5.73 Å². The van der Waals surface area contributed by atoms with Crippen LogP contribution in [0.15, 0.2) is 42.7 Å². The van der Waals surface area contributed by atoms with Gasteiger partial charge in [-0.2, -0.15) is 0 Å². The summed E-state index contributed by atoms with van der Waals surface area (Å²) in [5.41, 5.74) is 7.03. The summed E-state index contributed by atoms with van der Waals surface area (Å²) in [7, 11) is 0. The summed E-state index contributed by atoms with van der Waals surface area (Å²) in [6.07, 6.45) is 5.80. The van der Waals surface area contributed by atoms with E-state index in [1.54, 1.807) is 0 Å². The molecule has 1 aromatic heterocycles. The normalized spacial score (nSPS) is 12.6. The lowest BCUT2D eigenvalue weighted by atomic mass is 10.0. The molecule has 90 valence electrons. The molecule has 1 unspecified atom stereocenters. The number of nitrogens with two attached hydrogens (primary N) is 1. The summed E-state index contributed by atoms with van der Waals surface area (Å²) < 4.78 is 2.24. The Morgan fingerprint density at radius 2 is 2.06 bits per heavy atom. The molecule has 0 fully saturated rings. The maximum atomic E-state index is 5.73. The molecule has 2 aromatic rings. The van der Waals surface area contributed by atoms with E-state index in [4.69, 9.17) is 5.73 Å². The average molecular weight is 229 g/mol. The van der Waals surface area contributed by atoms with Gasteiger partial charge in [0.05, 0.1) is 6.04 Å². The Labute approximate surface area is 102 Å². The highest BCUT2D eigenvalue weighted by molar-refractivity contribution is 5.21. The van der Waals surface area contributed by atoms with Gasteiger partial charge in [-0.1, -0.05) is 37.3 Å². The zero-order valence-electron chi connectivity index (χ0n) is 10.2. The van der Waals surface area contributed by atoms with Gasteiger partial charge in [0.25, 0.3) is 0 Å². The Morgan fingerprint density at radius 1 is 1.29 bits per heavy atom. The van der Waals surface area contributed by atoms with Crippen LogP contribution in [0.1, 0.15) is 30.8 Å². The van der Waals surface area contributed by atoms with Crippen molar-refractivity contribution in [3.8, 4) is 0 Å². The van der Waals surface area contributed by atoms with E-state index in [0.717, 1.165) is 18.7 Å². The SMILES string of the molecule is CCc1nccn1C(CCN)c1ccccc1. The van der Waals surface area contributed by atoms with Crippen molar-refractivity contribution >= 4 is 0 Å². The molecule has 0 aliphatic heterocycles. The summed E-state index contributed by atoms with van der Waals surface area (Å²) in [5, 5.41) is 0. The van der Waals surface area contributed by atoms with Crippen LogP contribution in [0.3, 0.4) is 0 Å². The fourth-order valence-electron chi connectivity index (χ4n) is 2.20. The van der Waals surface area contributed by atoms with Crippen LogP contribution in [0, 0.1) is 0 Å². The van der Waals surface area contributed by atoms with Crippen molar-refractivity contribution in [2.75, 3.05) is 6.54 Å². The standard InChI is InChI=1S/C14H19N3/c1-2-14-16-10-11-17(14)13(8-9-15)12-6-4-3-5-7-12/h3-7,10-11,13H,2,8-9,15H2,1H3. The van der Waals surface area contributed by atoms with Gasteiger partial charge in [-0.3, -0.25) is 0 Å². The van der Waals surface area contributed by atoms with Gasteiger partial charge in [-0.05, 0) is 18.5 Å². The van der Waals surface area contributed by atoms with Crippen molar-refractivity contribution in [3.63, 3.8) is 0 Å². The minimum absolute atomic E-state index is 0.304. The number of nitrogens with zero attached hydrogens (tertiary/aromatic N) is 2. The molecular weight excluding hydrogens is 210 g/mol. The highest BCUT2D eigenvalue weighted by Crippen LogP contribution is 2.22.